The Balaban J connectivity index is 2.15. The lowest BCUT2D eigenvalue weighted by molar-refractivity contribution is -0.384. The molecule has 0 atom stereocenters. The van der Waals surface area contributed by atoms with Crippen LogP contribution < -0.4 is 5.32 Å². The summed E-state index contributed by atoms with van der Waals surface area (Å²) in [6, 6.07) is 9.81. The SMILES string of the molecule is N#Cc1ccc(CNc2ccc(Br)cc2[N+](=O)[O-])o1. The molecule has 2 aromatic rings. The highest BCUT2D eigenvalue weighted by atomic mass is 79.9. The standard InChI is InChI=1S/C12H8BrN3O3/c13-8-1-4-11(12(5-8)16(17)18)15-7-10-3-2-9(6-14)19-10/h1-5,15H,7H2. The van der Waals surface area contributed by atoms with Gasteiger partial charge in [-0.15, -0.1) is 0 Å². The lowest BCUT2D eigenvalue weighted by Gasteiger charge is -2.05. The molecular formula is C12H8BrN3O3. The van der Waals surface area contributed by atoms with Gasteiger partial charge in [0.1, 0.15) is 17.5 Å². The van der Waals surface area contributed by atoms with Gasteiger partial charge in [0, 0.05) is 10.5 Å². The number of nitro benzene ring substituents is 1. The summed E-state index contributed by atoms with van der Waals surface area (Å²) >= 11 is 3.19. The van der Waals surface area contributed by atoms with Crippen LogP contribution >= 0.6 is 15.9 Å². The Hall–Kier alpha value is -2.33. The van der Waals surface area contributed by atoms with Crippen LogP contribution in [-0.4, -0.2) is 4.92 Å². The second-order valence-electron chi connectivity index (χ2n) is 3.65. The third-order valence-corrected chi connectivity index (χ3v) is 2.87. The molecule has 0 saturated carbocycles. The Morgan fingerprint density at radius 1 is 1.42 bits per heavy atom. The maximum absolute atomic E-state index is 10.9. The van der Waals surface area contributed by atoms with Crippen molar-refractivity contribution < 1.29 is 9.34 Å². The molecule has 0 aliphatic rings. The minimum absolute atomic E-state index is 0.0264. The van der Waals surface area contributed by atoms with E-state index in [4.69, 9.17) is 9.68 Å². The van der Waals surface area contributed by atoms with Crippen molar-refractivity contribution in [2.24, 2.45) is 0 Å². The molecule has 0 spiro atoms. The smallest absolute Gasteiger partial charge is 0.293 e. The van der Waals surface area contributed by atoms with E-state index in [2.05, 4.69) is 21.2 Å². The summed E-state index contributed by atoms with van der Waals surface area (Å²) in [5.74, 6) is 0.746. The van der Waals surface area contributed by atoms with Gasteiger partial charge in [-0.25, -0.2) is 0 Å². The molecule has 1 aromatic heterocycles. The van der Waals surface area contributed by atoms with Crippen molar-refractivity contribution in [1.29, 1.82) is 5.26 Å². The van der Waals surface area contributed by atoms with Crippen molar-refractivity contribution in [2.45, 2.75) is 6.54 Å². The normalized spacial score (nSPS) is 9.89. The summed E-state index contributed by atoms with van der Waals surface area (Å²) in [5.41, 5.74) is 0.365. The van der Waals surface area contributed by atoms with Gasteiger partial charge in [-0.3, -0.25) is 10.1 Å². The van der Waals surface area contributed by atoms with Gasteiger partial charge in [-0.1, -0.05) is 15.9 Å². The second-order valence-corrected chi connectivity index (χ2v) is 4.57. The van der Waals surface area contributed by atoms with Crippen LogP contribution in [0.15, 0.2) is 39.2 Å². The summed E-state index contributed by atoms with van der Waals surface area (Å²) in [7, 11) is 0. The molecule has 1 heterocycles. The second kappa shape index (κ2) is 5.54. The fourth-order valence-electron chi connectivity index (χ4n) is 1.52. The van der Waals surface area contributed by atoms with Gasteiger partial charge in [0.2, 0.25) is 5.76 Å². The van der Waals surface area contributed by atoms with Crippen molar-refractivity contribution >= 4 is 27.3 Å². The van der Waals surface area contributed by atoms with Crippen LogP contribution in [0.2, 0.25) is 0 Å². The molecule has 2 rings (SSSR count). The number of hydrogen-bond acceptors (Lipinski definition) is 5. The number of hydrogen-bond donors (Lipinski definition) is 1. The van der Waals surface area contributed by atoms with Crippen LogP contribution in [0.25, 0.3) is 0 Å². The third kappa shape index (κ3) is 3.11. The van der Waals surface area contributed by atoms with E-state index in [1.165, 1.54) is 6.07 Å². The van der Waals surface area contributed by atoms with Crippen LogP contribution in [0.1, 0.15) is 11.5 Å². The number of rotatable bonds is 4. The lowest BCUT2D eigenvalue weighted by Crippen LogP contribution is -2.01. The molecule has 0 aliphatic carbocycles. The topological polar surface area (TPSA) is 92.1 Å². The van der Waals surface area contributed by atoms with Gasteiger partial charge in [0.25, 0.3) is 5.69 Å². The van der Waals surface area contributed by atoms with E-state index in [1.54, 1.807) is 24.3 Å². The molecule has 6 nitrogen and oxygen atoms in total. The molecule has 0 bridgehead atoms. The minimum atomic E-state index is -0.462. The zero-order valence-corrected chi connectivity index (χ0v) is 11.2. The molecule has 0 aliphatic heterocycles. The number of furan rings is 1. The molecule has 96 valence electrons. The van der Waals surface area contributed by atoms with E-state index in [0.29, 0.717) is 15.9 Å². The maximum atomic E-state index is 10.9. The first-order valence-electron chi connectivity index (χ1n) is 5.27. The zero-order chi connectivity index (χ0) is 13.8. The van der Waals surface area contributed by atoms with E-state index in [-0.39, 0.29) is 18.0 Å². The summed E-state index contributed by atoms with van der Waals surface area (Å²) in [5, 5.41) is 22.4. The molecule has 0 fully saturated rings. The van der Waals surface area contributed by atoms with Crippen LogP contribution in [0.3, 0.4) is 0 Å². The van der Waals surface area contributed by atoms with Crippen molar-refractivity contribution in [2.75, 3.05) is 5.32 Å². The summed E-state index contributed by atoms with van der Waals surface area (Å²) < 4.78 is 5.81. The molecule has 1 N–H and O–H groups in total. The summed E-state index contributed by atoms with van der Waals surface area (Å²) in [6.45, 7) is 0.268. The van der Waals surface area contributed by atoms with E-state index in [1.807, 2.05) is 6.07 Å². The highest BCUT2D eigenvalue weighted by Crippen LogP contribution is 2.28. The first-order valence-corrected chi connectivity index (χ1v) is 6.06. The monoisotopic (exact) mass is 321 g/mol. The van der Waals surface area contributed by atoms with Gasteiger partial charge in [0.05, 0.1) is 11.5 Å². The number of benzene rings is 1. The number of nitriles is 1. The van der Waals surface area contributed by atoms with Gasteiger partial charge in [-0.2, -0.15) is 5.26 Å². The van der Waals surface area contributed by atoms with E-state index >= 15 is 0 Å². The van der Waals surface area contributed by atoms with Crippen LogP contribution in [-0.2, 0) is 6.54 Å². The van der Waals surface area contributed by atoms with E-state index in [9.17, 15) is 10.1 Å². The molecule has 7 heteroatoms. The van der Waals surface area contributed by atoms with Gasteiger partial charge < -0.3 is 9.73 Å². The number of nitrogens with one attached hydrogen (secondary N) is 1. The first-order chi connectivity index (χ1) is 9.10. The number of nitro groups is 1. The van der Waals surface area contributed by atoms with E-state index < -0.39 is 4.92 Å². The number of anilines is 1. The molecule has 19 heavy (non-hydrogen) atoms. The summed E-state index contributed by atoms with van der Waals surface area (Å²) in [6.07, 6.45) is 0. The predicted molar refractivity (Wildman–Crippen MR) is 71.5 cm³/mol. The van der Waals surface area contributed by atoms with Crippen LogP contribution in [0.5, 0.6) is 0 Å². The molecule has 0 amide bonds. The Labute approximate surface area is 116 Å². The van der Waals surface area contributed by atoms with Crippen LogP contribution in [0, 0.1) is 21.4 Å². The van der Waals surface area contributed by atoms with Crippen molar-refractivity contribution in [3.05, 3.63) is 56.4 Å². The Morgan fingerprint density at radius 2 is 2.21 bits per heavy atom. The third-order valence-electron chi connectivity index (χ3n) is 2.38. The molecule has 0 unspecified atom stereocenters. The highest BCUT2D eigenvalue weighted by molar-refractivity contribution is 9.10. The fourth-order valence-corrected chi connectivity index (χ4v) is 1.87. The largest absolute Gasteiger partial charge is 0.449 e. The Bertz CT molecular complexity index is 660. The van der Waals surface area contributed by atoms with Crippen molar-refractivity contribution in [3.63, 3.8) is 0 Å². The highest BCUT2D eigenvalue weighted by Gasteiger charge is 2.14. The quantitative estimate of drug-likeness (QED) is 0.687. The average Bonchev–Trinajstić information content (AvgIpc) is 2.85. The molecule has 0 radical (unpaired) electrons. The zero-order valence-electron chi connectivity index (χ0n) is 9.59. The average molecular weight is 322 g/mol. The van der Waals surface area contributed by atoms with E-state index in [0.717, 1.165) is 0 Å². The molecule has 0 saturated heterocycles. The molecule has 1 aromatic carbocycles. The Kier molecular flexibility index (Phi) is 3.82. The van der Waals surface area contributed by atoms with Crippen LogP contribution in [0.4, 0.5) is 11.4 Å². The lowest BCUT2D eigenvalue weighted by atomic mass is 10.2. The number of halogens is 1. The first kappa shape index (κ1) is 13.1. The maximum Gasteiger partial charge on any atom is 0.293 e. The summed E-state index contributed by atoms with van der Waals surface area (Å²) in [4.78, 5) is 10.5. The van der Waals surface area contributed by atoms with Gasteiger partial charge in [0.15, 0.2) is 0 Å². The van der Waals surface area contributed by atoms with Gasteiger partial charge in [-0.05, 0) is 24.3 Å². The predicted octanol–water partition coefficient (Wildman–Crippen LogP) is 3.43. The van der Waals surface area contributed by atoms with Crippen molar-refractivity contribution in [1.82, 2.24) is 0 Å². The minimum Gasteiger partial charge on any atom is -0.449 e. The number of nitrogens with zero attached hydrogens (tertiary/aromatic N) is 2. The fraction of sp³-hybridized carbons (Fsp3) is 0.0833. The molecular weight excluding hydrogens is 314 g/mol. The Morgan fingerprint density at radius 3 is 2.84 bits per heavy atom. The van der Waals surface area contributed by atoms with Crippen molar-refractivity contribution in [3.8, 4) is 6.07 Å². The van der Waals surface area contributed by atoms with Gasteiger partial charge >= 0.3 is 0 Å².